The maximum atomic E-state index is 12.5. The van der Waals surface area contributed by atoms with Crippen molar-refractivity contribution in [2.45, 2.75) is 30.7 Å². The van der Waals surface area contributed by atoms with E-state index >= 15 is 0 Å². The highest BCUT2D eigenvalue weighted by Crippen LogP contribution is 2.39. The molecule has 0 aliphatic carbocycles. The molecule has 0 unspecified atom stereocenters. The lowest BCUT2D eigenvalue weighted by Gasteiger charge is -2.39. The number of benzene rings is 2. The van der Waals surface area contributed by atoms with Crippen molar-refractivity contribution in [2.75, 3.05) is 6.61 Å². The zero-order chi connectivity index (χ0) is 24.0. The fourth-order valence-electron chi connectivity index (χ4n) is 3.52. The number of hydrogen-bond donors (Lipinski definition) is 8. The lowest BCUT2D eigenvalue weighted by molar-refractivity contribution is -0.277. The first kappa shape index (κ1) is 22.6. The Hall–Kier alpha value is -3.55. The molecule has 12 nitrogen and oxygen atoms in total. The first-order chi connectivity index (χ1) is 15.6. The number of rotatable bonds is 4. The van der Waals surface area contributed by atoms with Crippen LogP contribution in [-0.4, -0.2) is 78.2 Å². The molecule has 1 fully saturated rings. The van der Waals surface area contributed by atoms with Crippen LogP contribution < -0.4 is 10.2 Å². The van der Waals surface area contributed by atoms with Gasteiger partial charge in [0, 0.05) is 17.7 Å². The Morgan fingerprint density at radius 3 is 2.30 bits per heavy atom. The van der Waals surface area contributed by atoms with Gasteiger partial charge in [-0.05, 0) is 18.2 Å². The van der Waals surface area contributed by atoms with Gasteiger partial charge in [0.2, 0.25) is 17.5 Å². The van der Waals surface area contributed by atoms with Crippen LogP contribution in [0.25, 0.3) is 22.3 Å². The van der Waals surface area contributed by atoms with Crippen LogP contribution in [0, 0.1) is 0 Å². The number of aliphatic hydroxyl groups is 4. The number of aliphatic hydroxyl groups excluding tert-OH is 4. The molecule has 0 saturated carbocycles. The molecule has 0 bridgehead atoms. The summed E-state index contributed by atoms with van der Waals surface area (Å²) in [5.74, 6) is -2.97. The molecule has 2 aromatic carbocycles. The van der Waals surface area contributed by atoms with E-state index in [1.54, 1.807) is 0 Å². The Labute approximate surface area is 184 Å². The van der Waals surface area contributed by atoms with Gasteiger partial charge in [-0.2, -0.15) is 0 Å². The Morgan fingerprint density at radius 1 is 0.909 bits per heavy atom. The molecular weight excluding hydrogens is 444 g/mol. The van der Waals surface area contributed by atoms with Crippen LogP contribution in [0.15, 0.2) is 39.5 Å². The van der Waals surface area contributed by atoms with Gasteiger partial charge in [-0.3, -0.25) is 4.79 Å². The third kappa shape index (κ3) is 3.90. The van der Waals surface area contributed by atoms with Gasteiger partial charge in [0.15, 0.2) is 17.3 Å². The molecule has 3 aromatic rings. The highest BCUT2D eigenvalue weighted by Gasteiger charge is 2.45. The fourth-order valence-corrected chi connectivity index (χ4v) is 3.52. The molecule has 0 spiro atoms. The van der Waals surface area contributed by atoms with Crippen molar-refractivity contribution in [1.82, 2.24) is 0 Å². The Kier molecular flexibility index (Phi) is 5.78. The molecular formula is C21H20O12. The third-order valence-corrected chi connectivity index (χ3v) is 5.25. The molecule has 0 radical (unpaired) electrons. The summed E-state index contributed by atoms with van der Waals surface area (Å²) in [7, 11) is 0. The van der Waals surface area contributed by atoms with E-state index in [0.717, 1.165) is 18.2 Å². The average Bonchev–Trinajstić information content (AvgIpc) is 2.77. The molecule has 1 aliphatic rings. The maximum Gasteiger partial charge on any atom is 0.238 e. The summed E-state index contributed by atoms with van der Waals surface area (Å²) in [6.45, 7) is -0.666. The largest absolute Gasteiger partial charge is 0.508 e. The molecule has 4 rings (SSSR count). The van der Waals surface area contributed by atoms with Gasteiger partial charge in [0.1, 0.15) is 46.9 Å². The SMILES string of the molecule is O=c1c(O)c(-c2ccc(O[C@@H]3O[C@H](CO)[C@H](O)[C@@H](O)[C@@H]3O)c(O)c2)oc2cc(O)cc(O)c12. The molecule has 5 atom stereocenters. The molecule has 12 heteroatoms. The summed E-state index contributed by atoms with van der Waals surface area (Å²) in [5, 5.41) is 78.8. The van der Waals surface area contributed by atoms with E-state index in [0.29, 0.717) is 0 Å². The fraction of sp³-hybridized carbons (Fsp3) is 0.286. The molecule has 1 aromatic heterocycles. The van der Waals surface area contributed by atoms with Crippen LogP contribution in [0.5, 0.6) is 28.7 Å². The smallest absolute Gasteiger partial charge is 0.238 e. The van der Waals surface area contributed by atoms with Crippen molar-refractivity contribution in [1.29, 1.82) is 0 Å². The number of phenolic OH excluding ortho intramolecular Hbond substituents is 3. The summed E-state index contributed by atoms with van der Waals surface area (Å²) in [4.78, 5) is 12.5. The minimum absolute atomic E-state index is 0.0213. The van der Waals surface area contributed by atoms with Crippen molar-refractivity contribution in [3.8, 4) is 40.1 Å². The zero-order valence-corrected chi connectivity index (χ0v) is 16.7. The van der Waals surface area contributed by atoms with E-state index in [-0.39, 0.29) is 33.8 Å². The molecule has 1 aliphatic heterocycles. The standard InChI is InChI=1S/C21H20O12/c22-6-13-15(26)17(28)19(30)21(33-13)32-11-2-1-7(3-9(11)24)20-18(29)16(27)14-10(25)4-8(23)5-12(14)31-20/h1-5,13,15,17,19,21-26,28-30H,6H2/t13-,15+,17-,19+,21-/m1/s1. The Bertz CT molecular complexity index is 1250. The van der Waals surface area contributed by atoms with Crippen LogP contribution in [0.2, 0.25) is 0 Å². The van der Waals surface area contributed by atoms with E-state index in [2.05, 4.69) is 0 Å². The Morgan fingerprint density at radius 2 is 1.64 bits per heavy atom. The van der Waals surface area contributed by atoms with Crippen LogP contribution in [-0.2, 0) is 4.74 Å². The molecule has 0 amide bonds. The number of fused-ring (bicyclic) bond motifs is 1. The minimum Gasteiger partial charge on any atom is -0.508 e. The van der Waals surface area contributed by atoms with Gasteiger partial charge in [-0.15, -0.1) is 0 Å². The molecule has 33 heavy (non-hydrogen) atoms. The number of phenols is 3. The second kappa shape index (κ2) is 8.42. The normalized spacial score (nSPS) is 25.3. The number of ether oxygens (including phenoxy) is 2. The highest BCUT2D eigenvalue weighted by molar-refractivity contribution is 5.88. The monoisotopic (exact) mass is 464 g/mol. The van der Waals surface area contributed by atoms with Gasteiger partial charge in [-0.25, -0.2) is 0 Å². The minimum atomic E-state index is -1.70. The second-order valence-corrected chi connectivity index (χ2v) is 7.44. The highest BCUT2D eigenvalue weighted by atomic mass is 16.7. The topological polar surface area (TPSA) is 211 Å². The predicted octanol–water partition coefficient (Wildman–Crippen LogP) is -0.539. The van der Waals surface area contributed by atoms with Gasteiger partial charge >= 0.3 is 0 Å². The second-order valence-electron chi connectivity index (χ2n) is 7.44. The summed E-state index contributed by atoms with van der Waals surface area (Å²) in [6.07, 6.45) is -7.73. The summed E-state index contributed by atoms with van der Waals surface area (Å²) in [5.41, 5.74) is -1.16. The van der Waals surface area contributed by atoms with Crippen molar-refractivity contribution < 1.29 is 54.7 Å². The zero-order valence-electron chi connectivity index (χ0n) is 16.7. The summed E-state index contributed by atoms with van der Waals surface area (Å²) in [6, 6.07) is 5.51. The maximum absolute atomic E-state index is 12.5. The van der Waals surface area contributed by atoms with Gasteiger partial charge in [0.05, 0.1) is 6.61 Å². The first-order valence-electron chi connectivity index (χ1n) is 9.64. The van der Waals surface area contributed by atoms with E-state index in [1.807, 2.05) is 0 Å². The van der Waals surface area contributed by atoms with Crippen molar-refractivity contribution in [3.05, 3.63) is 40.6 Å². The lowest BCUT2D eigenvalue weighted by atomic mass is 9.99. The van der Waals surface area contributed by atoms with E-state index in [9.17, 15) is 45.6 Å². The van der Waals surface area contributed by atoms with Crippen molar-refractivity contribution >= 4 is 11.0 Å². The van der Waals surface area contributed by atoms with Crippen LogP contribution in [0.4, 0.5) is 0 Å². The van der Waals surface area contributed by atoms with Crippen LogP contribution >= 0.6 is 0 Å². The van der Waals surface area contributed by atoms with Crippen molar-refractivity contribution in [3.63, 3.8) is 0 Å². The van der Waals surface area contributed by atoms with Gasteiger partial charge < -0.3 is 54.7 Å². The van der Waals surface area contributed by atoms with E-state index < -0.39 is 60.0 Å². The van der Waals surface area contributed by atoms with Gasteiger partial charge in [0.25, 0.3) is 0 Å². The average molecular weight is 464 g/mol. The number of aromatic hydroxyl groups is 4. The molecule has 176 valence electrons. The third-order valence-electron chi connectivity index (χ3n) is 5.25. The van der Waals surface area contributed by atoms with Gasteiger partial charge in [-0.1, -0.05) is 0 Å². The first-order valence-corrected chi connectivity index (χ1v) is 9.64. The lowest BCUT2D eigenvalue weighted by Crippen LogP contribution is -2.60. The summed E-state index contributed by atoms with van der Waals surface area (Å²) >= 11 is 0. The van der Waals surface area contributed by atoms with E-state index in [1.165, 1.54) is 12.1 Å². The molecule has 1 saturated heterocycles. The molecule has 8 N–H and O–H groups in total. The molecule has 2 heterocycles. The quantitative estimate of drug-likeness (QED) is 0.245. The van der Waals surface area contributed by atoms with Crippen LogP contribution in [0.3, 0.4) is 0 Å². The van der Waals surface area contributed by atoms with E-state index in [4.69, 9.17) is 13.9 Å². The van der Waals surface area contributed by atoms with Crippen LogP contribution in [0.1, 0.15) is 0 Å². The summed E-state index contributed by atoms with van der Waals surface area (Å²) < 4.78 is 16.1. The number of hydrogen-bond acceptors (Lipinski definition) is 12. The van der Waals surface area contributed by atoms with Crippen molar-refractivity contribution in [2.24, 2.45) is 0 Å². The predicted molar refractivity (Wildman–Crippen MR) is 109 cm³/mol. The Balaban J connectivity index is 1.68.